The van der Waals surface area contributed by atoms with Crippen molar-refractivity contribution in [3.05, 3.63) is 59.9 Å². The van der Waals surface area contributed by atoms with E-state index in [1.807, 2.05) is 0 Å². The Balaban J connectivity index is 1.24. The summed E-state index contributed by atoms with van der Waals surface area (Å²) in [6, 6.07) is 11.6. The van der Waals surface area contributed by atoms with Gasteiger partial charge in [0.1, 0.15) is 4.90 Å². The van der Waals surface area contributed by atoms with Crippen LogP contribution in [0.25, 0.3) is 0 Å². The third-order valence-corrected chi connectivity index (χ3v) is 8.07. The van der Waals surface area contributed by atoms with Crippen molar-refractivity contribution in [1.82, 2.24) is 19.5 Å². The van der Waals surface area contributed by atoms with E-state index in [2.05, 4.69) is 39.5 Å². The molecule has 0 spiro atoms. The molecule has 2 fully saturated rings. The molecule has 2 saturated heterocycles. The van der Waals surface area contributed by atoms with Crippen LogP contribution < -0.4 is 5.32 Å². The van der Waals surface area contributed by atoms with Gasteiger partial charge in [-0.25, -0.2) is 8.42 Å². The van der Waals surface area contributed by atoms with Gasteiger partial charge >= 0.3 is 0 Å². The van der Waals surface area contributed by atoms with Crippen LogP contribution in [0.15, 0.2) is 53.7 Å². The molecule has 0 aliphatic carbocycles. The molecular formula is C23H30N4O3S. The summed E-state index contributed by atoms with van der Waals surface area (Å²) < 4.78 is 26.8. The summed E-state index contributed by atoms with van der Waals surface area (Å²) in [6.07, 6.45) is 6.55. The molecule has 0 saturated carbocycles. The third-order valence-electron chi connectivity index (χ3n) is 6.19. The first-order chi connectivity index (χ1) is 15.0. The van der Waals surface area contributed by atoms with Crippen molar-refractivity contribution >= 4 is 15.9 Å². The zero-order chi connectivity index (χ0) is 21.7. The number of likely N-dealkylation sites (tertiary alicyclic amines) is 1. The molecule has 1 aromatic heterocycles. The second-order valence-electron chi connectivity index (χ2n) is 8.38. The average molecular weight is 443 g/mol. The van der Waals surface area contributed by atoms with Crippen molar-refractivity contribution < 1.29 is 13.2 Å². The van der Waals surface area contributed by atoms with E-state index in [0.29, 0.717) is 32.5 Å². The molecule has 3 heterocycles. The molecule has 166 valence electrons. The van der Waals surface area contributed by atoms with Gasteiger partial charge in [0.15, 0.2) is 0 Å². The van der Waals surface area contributed by atoms with Crippen LogP contribution in [0.3, 0.4) is 0 Å². The van der Waals surface area contributed by atoms with E-state index in [-0.39, 0.29) is 16.7 Å². The van der Waals surface area contributed by atoms with Crippen LogP contribution in [0.2, 0.25) is 0 Å². The number of rotatable bonds is 7. The first-order valence-electron chi connectivity index (χ1n) is 11.0. The summed E-state index contributed by atoms with van der Waals surface area (Å²) in [4.78, 5) is 19.2. The molecule has 2 aromatic rings. The van der Waals surface area contributed by atoms with E-state index in [1.165, 1.54) is 42.0 Å². The van der Waals surface area contributed by atoms with Crippen LogP contribution in [0.4, 0.5) is 0 Å². The van der Waals surface area contributed by atoms with Gasteiger partial charge in [0.2, 0.25) is 15.9 Å². The van der Waals surface area contributed by atoms with Crippen molar-refractivity contribution in [2.24, 2.45) is 5.92 Å². The van der Waals surface area contributed by atoms with Crippen molar-refractivity contribution in [3.63, 3.8) is 0 Å². The highest BCUT2D eigenvalue weighted by Gasteiger charge is 2.32. The van der Waals surface area contributed by atoms with Gasteiger partial charge in [-0.2, -0.15) is 4.31 Å². The Labute approximate surface area is 184 Å². The van der Waals surface area contributed by atoms with Crippen LogP contribution in [0.5, 0.6) is 0 Å². The Morgan fingerprint density at radius 3 is 2.32 bits per heavy atom. The Kier molecular flexibility index (Phi) is 6.99. The number of piperidine rings is 1. The number of sulfonamides is 1. The molecule has 2 aliphatic rings. The number of carbonyl (C=O) groups excluding carboxylic acids is 1. The summed E-state index contributed by atoms with van der Waals surface area (Å²) in [5.41, 5.74) is 2.38. The number of hydrogen-bond donors (Lipinski definition) is 1. The van der Waals surface area contributed by atoms with E-state index in [4.69, 9.17) is 0 Å². The van der Waals surface area contributed by atoms with Crippen LogP contribution in [0.1, 0.15) is 36.8 Å². The lowest BCUT2D eigenvalue weighted by atomic mass is 9.97. The SMILES string of the molecule is O=C(NCc1ccc(CN2CCCC2)cc1)C1CCN(S(=O)(=O)c2cccnc2)CC1. The number of benzene rings is 1. The zero-order valence-corrected chi connectivity index (χ0v) is 18.6. The second-order valence-corrected chi connectivity index (χ2v) is 10.3. The molecule has 8 heteroatoms. The van der Waals surface area contributed by atoms with Gasteiger partial charge in [0.25, 0.3) is 0 Å². The van der Waals surface area contributed by atoms with Crippen LogP contribution in [-0.4, -0.2) is 54.7 Å². The molecule has 2 aliphatic heterocycles. The van der Waals surface area contributed by atoms with Crippen LogP contribution in [0, 0.1) is 5.92 Å². The predicted molar refractivity (Wildman–Crippen MR) is 119 cm³/mol. The monoisotopic (exact) mass is 442 g/mol. The van der Waals surface area contributed by atoms with Crippen molar-refractivity contribution in [2.45, 2.75) is 43.7 Å². The Morgan fingerprint density at radius 1 is 1.00 bits per heavy atom. The summed E-state index contributed by atoms with van der Waals surface area (Å²) >= 11 is 0. The van der Waals surface area contributed by atoms with Gasteiger partial charge in [-0.1, -0.05) is 24.3 Å². The first-order valence-corrected chi connectivity index (χ1v) is 12.4. The number of pyridine rings is 1. The van der Waals surface area contributed by atoms with Crippen LogP contribution in [-0.2, 0) is 27.9 Å². The molecule has 0 unspecified atom stereocenters. The average Bonchev–Trinajstić information content (AvgIpc) is 3.32. The highest BCUT2D eigenvalue weighted by atomic mass is 32.2. The summed E-state index contributed by atoms with van der Waals surface area (Å²) in [7, 11) is -3.54. The lowest BCUT2D eigenvalue weighted by molar-refractivity contribution is -0.126. The highest BCUT2D eigenvalue weighted by molar-refractivity contribution is 7.89. The fourth-order valence-corrected chi connectivity index (χ4v) is 5.74. The molecule has 4 rings (SSSR count). The Bertz CT molecular complexity index is 966. The molecule has 7 nitrogen and oxygen atoms in total. The van der Waals surface area contributed by atoms with Gasteiger partial charge in [0.05, 0.1) is 0 Å². The Morgan fingerprint density at radius 2 is 1.68 bits per heavy atom. The highest BCUT2D eigenvalue weighted by Crippen LogP contribution is 2.23. The minimum Gasteiger partial charge on any atom is -0.352 e. The molecule has 1 amide bonds. The van der Waals surface area contributed by atoms with Crippen molar-refractivity contribution in [3.8, 4) is 0 Å². The van der Waals surface area contributed by atoms with E-state index in [0.717, 1.165) is 12.1 Å². The number of hydrogen-bond acceptors (Lipinski definition) is 5. The number of nitrogens with zero attached hydrogens (tertiary/aromatic N) is 3. The molecule has 0 atom stereocenters. The minimum absolute atomic E-state index is 0.000399. The largest absolute Gasteiger partial charge is 0.352 e. The van der Waals surface area contributed by atoms with Crippen molar-refractivity contribution in [2.75, 3.05) is 26.2 Å². The molecule has 1 aromatic carbocycles. The van der Waals surface area contributed by atoms with Gasteiger partial charge < -0.3 is 5.32 Å². The van der Waals surface area contributed by atoms with E-state index in [9.17, 15) is 13.2 Å². The molecule has 31 heavy (non-hydrogen) atoms. The fourth-order valence-electron chi connectivity index (χ4n) is 4.30. The van der Waals surface area contributed by atoms with Crippen LogP contribution >= 0.6 is 0 Å². The number of nitrogens with one attached hydrogen (secondary N) is 1. The standard InChI is InChI=1S/C23H30N4O3S/c28-23(25-16-19-5-7-20(8-6-19)18-26-12-1-2-13-26)21-9-14-27(15-10-21)31(29,30)22-4-3-11-24-17-22/h3-8,11,17,21H,1-2,9-10,12-16,18H2,(H,25,28). The first kappa shape index (κ1) is 21.9. The summed E-state index contributed by atoms with van der Waals surface area (Å²) in [5, 5.41) is 3.02. The minimum atomic E-state index is -3.54. The number of amides is 1. The Hall–Kier alpha value is -2.29. The quantitative estimate of drug-likeness (QED) is 0.712. The lowest BCUT2D eigenvalue weighted by Gasteiger charge is -2.30. The van der Waals surface area contributed by atoms with Crippen molar-refractivity contribution in [1.29, 1.82) is 0 Å². The van der Waals surface area contributed by atoms with Gasteiger partial charge in [0, 0.05) is 44.5 Å². The van der Waals surface area contributed by atoms with E-state index < -0.39 is 10.0 Å². The molecule has 0 radical (unpaired) electrons. The fraction of sp³-hybridized carbons (Fsp3) is 0.478. The summed E-state index contributed by atoms with van der Waals surface area (Å²) in [6.45, 7) is 4.55. The van der Waals surface area contributed by atoms with E-state index >= 15 is 0 Å². The number of aromatic nitrogens is 1. The third kappa shape index (κ3) is 5.50. The molecule has 0 bridgehead atoms. The van der Waals surface area contributed by atoms with Gasteiger partial charge in [-0.15, -0.1) is 0 Å². The smallest absolute Gasteiger partial charge is 0.244 e. The number of carbonyl (C=O) groups is 1. The van der Waals surface area contributed by atoms with Gasteiger partial charge in [-0.3, -0.25) is 14.7 Å². The van der Waals surface area contributed by atoms with Gasteiger partial charge in [-0.05, 0) is 62.0 Å². The molecule has 1 N–H and O–H groups in total. The second kappa shape index (κ2) is 9.89. The normalized spacial score (nSPS) is 18.8. The van der Waals surface area contributed by atoms with E-state index in [1.54, 1.807) is 18.3 Å². The maximum Gasteiger partial charge on any atom is 0.244 e. The summed E-state index contributed by atoms with van der Waals surface area (Å²) in [5.74, 6) is -0.158. The topological polar surface area (TPSA) is 82.6 Å². The molecular weight excluding hydrogens is 412 g/mol. The maximum atomic E-state index is 12.7. The lowest BCUT2D eigenvalue weighted by Crippen LogP contribution is -2.42. The maximum absolute atomic E-state index is 12.7. The predicted octanol–water partition coefficient (Wildman–Crippen LogP) is 2.39. The zero-order valence-electron chi connectivity index (χ0n) is 17.7.